The number of nitrogens with zero attached hydrogens (tertiary/aromatic N) is 6. The Morgan fingerprint density at radius 1 is 1.21 bits per heavy atom. The number of hydrogen-bond acceptors (Lipinski definition) is 9. The zero-order valence-corrected chi connectivity index (χ0v) is 23.1. The molecule has 4 aromatic rings. The summed E-state index contributed by atoms with van der Waals surface area (Å²) in [5.41, 5.74) is 3.25. The molecule has 1 saturated heterocycles. The van der Waals surface area contributed by atoms with Crippen molar-refractivity contribution < 1.29 is 19.0 Å². The molecule has 0 bridgehead atoms. The fraction of sp³-hybridized carbons (Fsp3) is 0.444. The second-order valence-corrected chi connectivity index (χ2v) is 10.6. The molecule has 0 spiro atoms. The molecule has 1 amide bonds. The molecule has 2 N–H and O–H groups in total. The van der Waals surface area contributed by atoms with E-state index in [1.54, 1.807) is 24.5 Å². The van der Waals surface area contributed by atoms with E-state index in [1.165, 1.54) is 6.92 Å². The Morgan fingerprint density at radius 3 is 2.74 bits per heavy atom. The van der Waals surface area contributed by atoms with Crippen molar-refractivity contribution in [3.63, 3.8) is 0 Å². The van der Waals surface area contributed by atoms with Crippen molar-refractivity contribution in [3.8, 4) is 11.5 Å². The third-order valence-corrected chi connectivity index (χ3v) is 6.42. The molecule has 0 radical (unpaired) electrons. The first-order valence-electron chi connectivity index (χ1n) is 12.9. The highest BCUT2D eigenvalue weighted by Gasteiger charge is 2.25. The summed E-state index contributed by atoms with van der Waals surface area (Å²) in [5, 5.41) is 10.9. The number of imidazole rings is 1. The summed E-state index contributed by atoms with van der Waals surface area (Å²) >= 11 is 0. The highest BCUT2D eigenvalue weighted by Crippen LogP contribution is 2.32. The van der Waals surface area contributed by atoms with Crippen LogP contribution in [0.25, 0.3) is 11.2 Å². The Kier molecular flexibility index (Phi) is 7.23. The molecule has 1 aliphatic rings. The fourth-order valence-corrected chi connectivity index (χ4v) is 4.56. The molecule has 39 heavy (non-hydrogen) atoms. The van der Waals surface area contributed by atoms with Crippen LogP contribution in [0, 0.1) is 6.92 Å². The van der Waals surface area contributed by atoms with Crippen LogP contribution in [0.1, 0.15) is 39.0 Å². The van der Waals surface area contributed by atoms with Gasteiger partial charge in [0.1, 0.15) is 17.7 Å². The minimum atomic E-state index is -0.204. The van der Waals surface area contributed by atoms with Gasteiger partial charge in [-0.3, -0.25) is 9.48 Å². The van der Waals surface area contributed by atoms with Crippen molar-refractivity contribution >= 4 is 34.7 Å². The molecule has 0 aliphatic carbocycles. The summed E-state index contributed by atoms with van der Waals surface area (Å²) in [5.74, 6) is 2.61. The lowest BCUT2D eigenvalue weighted by atomic mass is 9.92. The first-order valence-corrected chi connectivity index (χ1v) is 12.9. The zero-order valence-electron chi connectivity index (χ0n) is 23.1. The van der Waals surface area contributed by atoms with E-state index in [0.717, 1.165) is 16.8 Å². The SMILES string of the molecule is CC(=O)Nc1cc(Oc2cnc3nc(Nc4cc(C(C)(C)C)n(C[C@H]5COCCO5)n4)n(C)c3c2C)ccn1. The molecule has 0 unspecified atom stereocenters. The van der Waals surface area contributed by atoms with E-state index in [0.29, 0.717) is 61.1 Å². The van der Waals surface area contributed by atoms with Gasteiger partial charge in [0.25, 0.3) is 0 Å². The first-order chi connectivity index (χ1) is 18.6. The Balaban J connectivity index is 1.41. The minimum absolute atomic E-state index is 0.0386. The van der Waals surface area contributed by atoms with E-state index >= 15 is 0 Å². The van der Waals surface area contributed by atoms with Crippen LogP contribution in [-0.2, 0) is 33.3 Å². The van der Waals surface area contributed by atoms with Gasteiger partial charge in [-0.2, -0.15) is 10.1 Å². The molecule has 1 atom stereocenters. The molecule has 5 heterocycles. The van der Waals surface area contributed by atoms with Gasteiger partial charge < -0.3 is 29.4 Å². The molecule has 12 nitrogen and oxygen atoms in total. The van der Waals surface area contributed by atoms with Crippen molar-refractivity contribution in [2.45, 2.75) is 52.7 Å². The Morgan fingerprint density at radius 2 is 2.03 bits per heavy atom. The van der Waals surface area contributed by atoms with Gasteiger partial charge >= 0.3 is 0 Å². The quantitative estimate of drug-likeness (QED) is 0.360. The van der Waals surface area contributed by atoms with Gasteiger partial charge in [0, 0.05) is 49.0 Å². The van der Waals surface area contributed by atoms with E-state index < -0.39 is 0 Å². The third-order valence-electron chi connectivity index (χ3n) is 6.42. The van der Waals surface area contributed by atoms with Crippen molar-refractivity contribution in [3.05, 3.63) is 41.9 Å². The molecule has 5 rings (SSSR count). The predicted molar refractivity (Wildman–Crippen MR) is 147 cm³/mol. The molecule has 12 heteroatoms. The summed E-state index contributed by atoms with van der Waals surface area (Å²) in [6.07, 6.45) is 3.18. The van der Waals surface area contributed by atoms with Gasteiger partial charge in [-0.05, 0) is 13.0 Å². The van der Waals surface area contributed by atoms with Gasteiger partial charge in [0.15, 0.2) is 17.2 Å². The summed E-state index contributed by atoms with van der Waals surface area (Å²) in [7, 11) is 1.92. The number of aryl methyl sites for hydroxylation is 2. The molecule has 1 fully saturated rings. The second-order valence-electron chi connectivity index (χ2n) is 10.6. The number of nitrogens with one attached hydrogen (secondary N) is 2. The van der Waals surface area contributed by atoms with Crippen LogP contribution >= 0.6 is 0 Å². The van der Waals surface area contributed by atoms with Crippen molar-refractivity contribution in [2.75, 3.05) is 30.5 Å². The maximum atomic E-state index is 11.4. The smallest absolute Gasteiger partial charge is 0.222 e. The summed E-state index contributed by atoms with van der Waals surface area (Å²) in [6.45, 7) is 12.3. The minimum Gasteiger partial charge on any atom is -0.455 e. The lowest BCUT2D eigenvalue weighted by molar-refractivity contribution is -0.114. The molecule has 4 aromatic heterocycles. The molecule has 0 saturated carbocycles. The van der Waals surface area contributed by atoms with Crippen LogP contribution in [0.15, 0.2) is 30.6 Å². The van der Waals surface area contributed by atoms with Gasteiger partial charge in [0.2, 0.25) is 11.9 Å². The average molecular weight is 535 g/mol. The topological polar surface area (TPSA) is 130 Å². The summed E-state index contributed by atoms with van der Waals surface area (Å²) < 4.78 is 21.5. The van der Waals surface area contributed by atoms with Crippen LogP contribution in [0.2, 0.25) is 0 Å². The fourth-order valence-electron chi connectivity index (χ4n) is 4.56. The van der Waals surface area contributed by atoms with E-state index in [-0.39, 0.29) is 17.4 Å². The van der Waals surface area contributed by atoms with Crippen molar-refractivity contribution in [1.82, 2.24) is 29.3 Å². The summed E-state index contributed by atoms with van der Waals surface area (Å²) in [4.78, 5) is 24.8. The Bertz CT molecular complexity index is 1500. The van der Waals surface area contributed by atoms with Crippen LogP contribution in [0.4, 0.5) is 17.6 Å². The van der Waals surface area contributed by atoms with Gasteiger partial charge in [-0.15, -0.1) is 0 Å². The number of hydrogen-bond donors (Lipinski definition) is 2. The number of carbonyl (C=O) groups is 1. The van der Waals surface area contributed by atoms with E-state index in [9.17, 15) is 4.79 Å². The number of fused-ring (bicyclic) bond motifs is 1. The molecule has 0 aromatic carbocycles. The lowest BCUT2D eigenvalue weighted by Crippen LogP contribution is -2.34. The standard InChI is InChI=1S/C27H34N8O4/c1-16-20(39-18-7-8-28-22(11-18)30-17(2)36)13-29-25-24(16)34(6)26(32-25)31-23-12-21(27(3,4)5)35(33-23)14-19-15-37-9-10-38-19/h7-8,11-13,19H,9-10,14-15H2,1-6H3,(H,28,30,36)(H,29,31,32,33)/t19-/m0/s1. The maximum absolute atomic E-state index is 11.4. The highest BCUT2D eigenvalue weighted by atomic mass is 16.6. The first kappa shape index (κ1) is 26.6. The van der Waals surface area contributed by atoms with Gasteiger partial charge in [-0.25, -0.2) is 9.97 Å². The van der Waals surface area contributed by atoms with Crippen LogP contribution in [-0.4, -0.2) is 61.1 Å². The third kappa shape index (κ3) is 5.86. The van der Waals surface area contributed by atoms with Crippen molar-refractivity contribution in [1.29, 1.82) is 0 Å². The molecular formula is C27H34N8O4. The maximum Gasteiger partial charge on any atom is 0.222 e. The Labute approximate surface area is 226 Å². The lowest BCUT2D eigenvalue weighted by Gasteiger charge is -2.26. The average Bonchev–Trinajstić information content (AvgIpc) is 3.42. The monoisotopic (exact) mass is 534 g/mol. The number of rotatable bonds is 7. The highest BCUT2D eigenvalue weighted by molar-refractivity contribution is 5.87. The Hall–Kier alpha value is -4.03. The largest absolute Gasteiger partial charge is 0.455 e. The van der Waals surface area contributed by atoms with Crippen LogP contribution in [0.3, 0.4) is 0 Å². The predicted octanol–water partition coefficient (Wildman–Crippen LogP) is 4.08. The number of carbonyl (C=O) groups excluding carboxylic acids is 1. The zero-order chi connectivity index (χ0) is 27.7. The number of pyridine rings is 2. The normalized spacial score (nSPS) is 15.9. The van der Waals surface area contributed by atoms with E-state index in [4.69, 9.17) is 24.3 Å². The second kappa shape index (κ2) is 10.6. The number of aromatic nitrogens is 6. The van der Waals surface area contributed by atoms with Crippen molar-refractivity contribution in [2.24, 2.45) is 7.05 Å². The van der Waals surface area contributed by atoms with Crippen LogP contribution < -0.4 is 15.4 Å². The van der Waals surface area contributed by atoms with Gasteiger partial charge in [-0.1, -0.05) is 20.8 Å². The summed E-state index contributed by atoms with van der Waals surface area (Å²) in [6, 6.07) is 5.43. The molecule has 1 aliphatic heterocycles. The number of amides is 1. The molecular weight excluding hydrogens is 500 g/mol. The van der Waals surface area contributed by atoms with E-state index in [2.05, 4.69) is 41.4 Å². The molecule has 206 valence electrons. The number of ether oxygens (including phenoxy) is 3. The van der Waals surface area contributed by atoms with Crippen LogP contribution in [0.5, 0.6) is 11.5 Å². The van der Waals surface area contributed by atoms with E-state index in [1.807, 2.05) is 29.3 Å². The number of anilines is 3. The van der Waals surface area contributed by atoms with Gasteiger partial charge in [0.05, 0.1) is 38.1 Å².